The molecule has 1 fully saturated rings. The smallest absolute Gasteiger partial charge is 0.434 e. The molecule has 0 spiro atoms. The first-order valence-electron chi connectivity index (χ1n) is 8.66. The summed E-state index contributed by atoms with van der Waals surface area (Å²) in [4.78, 5) is 23.3. The number of nitrogens with one attached hydrogen (secondary N) is 1. The molecule has 0 bridgehead atoms. The summed E-state index contributed by atoms with van der Waals surface area (Å²) in [6.45, 7) is 1.03. The van der Waals surface area contributed by atoms with Crippen LogP contribution in [0.25, 0.3) is 5.69 Å². The molecule has 150 valence electrons. The van der Waals surface area contributed by atoms with Crippen LogP contribution in [0.3, 0.4) is 0 Å². The molecular weight excluding hydrogens is 379 g/mol. The van der Waals surface area contributed by atoms with Gasteiger partial charge in [0.25, 0.3) is 5.91 Å². The third-order valence-corrected chi connectivity index (χ3v) is 4.41. The molecule has 2 heterocycles. The van der Waals surface area contributed by atoms with Gasteiger partial charge >= 0.3 is 12.1 Å². The van der Waals surface area contributed by atoms with Crippen molar-refractivity contribution in [3.05, 3.63) is 47.3 Å². The average Bonchev–Trinajstić information content (AvgIpc) is 3.13. The Balaban J connectivity index is 1.75. The Bertz CT molecular complexity index is 856. The average molecular weight is 397 g/mol. The summed E-state index contributed by atoms with van der Waals surface area (Å²) in [5.74, 6) is -2.09. The van der Waals surface area contributed by atoms with E-state index >= 15 is 0 Å². The highest BCUT2D eigenvalue weighted by atomic mass is 19.4. The zero-order valence-corrected chi connectivity index (χ0v) is 14.7. The summed E-state index contributed by atoms with van der Waals surface area (Å²) in [5, 5.41) is 15.2. The summed E-state index contributed by atoms with van der Waals surface area (Å²) in [6.07, 6.45) is -1.38. The van der Waals surface area contributed by atoms with Gasteiger partial charge in [-0.15, -0.1) is 0 Å². The maximum atomic E-state index is 13.3. The maximum absolute atomic E-state index is 13.3. The van der Waals surface area contributed by atoms with Gasteiger partial charge in [0.2, 0.25) is 0 Å². The number of hydrogen-bond acceptors (Lipinski definition) is 4. The van der Waals surface area contributed by atoms with Crippen molar-refractivity contribution in [2.45, 2.75) is 31.5 Å². The molecule has 1 aliphatic heterocycles. The number of carboxylic acids is 1. The fourth-order valence-electron chi connectivity index (χ4n) is 3.00. The van der Waals surface area contributed by atoms with Crippen molar-refractivity contribution in [1.29, 1.82) is 0 Å². The van der Waals surface area contributed by atoms with Gasteiger partial charge in [0.15, 0.2) is 5.69 Å². The molecule has 0 aliphatic carbocycles. The van der Waals surface area contributed by atoms with Gasteiger partial charge in [0, 0.05) is 18.7 Å². The number of halogens is 3. The van der Waals surface area contributed by atoms with Gasteiger partial charge < -0.3 is 15.2 Å². The molecule has 0 saturated carbocycles. The summed E-state index contributed by atoms with van der Waals surface area (Å²) in [5.41, 5.74) is -2.07. The molecule has 1 unspecified atom stereocenters. The van der Waals surface area contributed by atoms with Crippen LogP contribution in [-0.4, -0.2) is 46.0 Å². The molecule has 0 radical (unpaired) electrons. The molecule has 1 amide bonds. The molecule has 1 aromatic carbocycles. The lowest BCUT2D eigenvalue weighted by atomic mass is 10.1. The predicted octanol–water partition coefficient (Wildman–Crippen LogP) is 2.89. The van der Waals surface area contributed by atoms with Crippen molar-refractivity contribution in [1.82, 2.24) is 15.1 Å². The molecule has 1 atom stereocenters. The number of aromatic nitrogens is 2. The van der Waals surface area contributed by atoms with Crippen LogP contribution in [0.15, 0.2) is 30.5 Å². The number of carbonyl (C=O) groups excluding carboxylic acids is 1. The Morgan fingerprint density at radius 3 is 2.54 bits per heavy atom. The number of hydrogen-bond donors (Lipinski definition) is 2. The van der Waals surface area contributed by atoms with Gasteiger partial charge in [-0.05, 0) is 43.5 Å². The molecular formula is C18H18F3N3O4. The van der Waals surface area contributed by atoms with Crippen LogP contribution in [0.5, 0.6) is 0 Å². The first-order valence-corrected chi connectivity index (χ1v) is 8.66. The second-order valence-electron chi connectivity index (χ2n) is 6.37. The Labute approximate surface area is 158 Å². The van der Waals surface area contributed by atoms with Crippen molar-refractivity contribution in [2.24, 2.45) is 0 Å². The van der Waals surface area contributed by atoms with E-state index in [1.807, 2.05) is 0 Å². The molecule has 1 aliphatic rings. The molecule has 2 aromatic rings. The lowest BCUT2D eigenvalue weighted by Crippen LogP contribution is -2.35. The van der Waals surface area contributed by atoms with Crippen molar-refractivity contribution < 1.29 is 32.6 Å². The van der Waals surface area contributed by atoms with Crippen molar-refractivity contribution >= 4 is 11.9 Å². The number of carbonyl (C=O) groups is 2. The molecule has 3 rings (SSSR count). The minimum absolute atomic E-state index is 0.00742. The number of benzene rings is 1. The molecule has 28 heavy (non-hydrogen) atoms. The molecule has 1 saturated heterocycles. The van der Waals surface area contributed by atoms with Crippen molar-refractivity contribution in [3.8, 4) is 5.69 Å². The fourth-order valence-corrected chi connectivity index (χ4v) is 3.00. The standard InChI is InChI=1S/C18H18F3N3O4/c19-18(20,21)15-14(17(26)27)10-23-24(15)12-6-4-11(5-7-12)16(25)22-9-13-3-1-2-8-28-13/h4-7,10,13H,1-3,8-9H2,(H,22,25)(H,26,27). The number of rotatable bonds is 5. The number of ether oxygens (including phenoxy) is 1. The van der Waals surface area contributed by atoms with E-state index < -0.39 is 23.4 Å². The summed E-state index contributed by atoms with van der Waals surface area (Å²) in [6, 6.07) is 5.27. The zero-order chi connectivity index (χ0) is 20.3. The van der Waals surface area contributed by atoms with Crippen molar-refractivity contribution in [3.63, 3.8) is 0 Å². The fraction of sp³-hybridized carbons (Fsp3) is 0.389. The third-order valence-electron chi connectivity index (χ3n) is 4.41. The lowest BCUT2D eigenvalue weighted by Gasteiger charge is -2.22. The van der Waals surface area contributed by atoms with Gasteiger partial charge in [-0.3, -0.25) is 4.79 Å². The summed E-state index contributed by atoms with van der Waals surface area (Å²) < 4.78 is 45.8. The minimum Gasteiger partial charge on any atom is -0.478 e. The van der Waals surface area contributed by atoms with Crippen LogP contribution >= 0.6 is 0 Å². The SMILES string of the molecule is O=C(NCC1CCCCO1)c1ccc(-n2ncc(C(=O)O)c2C(F)(F)F)cc1. The third kappa shape index (κ3) is 4.33. The first kappa shape index (κ1) is 19.9. The molecule has 7 nitrogen and oxygen atoms in total. The topological polar surface area (TPSA) is 93.5 Å². The van der Waals surface area contributed by atoms with Gasteiger partial charge in [-0.25, -0.2) is 9.48 Å². The van der Waals surface area contributed by atoms with E-state index in [0.29, 0.717) is 24.0 Å². The van der Waals surface area contributed by atoms with Crippen LogP contribution in [0.2, 0.25) is 0 Å². The number of aromatic carboxylic acids is 1. The van der Waals surface area contributed by atoms with Crippen LogP contribution in [-0.2, 0) is 10.9 Å². The second-order valence-corrected chi connectivity index (χ2v) is 6.37. The lowest BCUT2D eigenvalue weighted by molar-refractivity contribution is -0.143. The highest BCUT2D eigenvalue weighted by Gasteiger charge is 2.40. The van der Waals surface area contributed by atoms with Gasteiger partial charge in [-0.2, -0.15) is 18.3 Å². The minimum atomic E-state index is -4.90. The normalized spacial score (nSPS) is 17.3. The van der Waals surface area contributed by atoms with Gasteiger partial charge in [0.05, 0.1) is 18.0 Å². The van der Waals surface area contributed by atoms with E-state index in [-0.39, 0.29) is 23.3 Å². The number of nitrogens with zero attached hydrogens (tertiary/aromatic N) is 2. The Hall–Kier alpha value is -2.88. The largest absolute Gasteiger partial charge is 0.478 e. The summed E-state index contributed by atoms with van der Waals surface area (Å²) >= 11 is 0. The van der Waals surface area contributed by atoms with E-state index in [1.165, 1.54) is 24.3 Å². The van der Waals surface area contributed by atoms with Crippen LogP contribution < -0.4 is 5.32 Å². The van der Waals surface area contributed by atoms with Gasteiger partial charge in [0.1, 0.15) is 5.56 Å². The maximum Gasteiger partial charge on any atom is 0.434 e. The highest BCUT2D eigenvalue weighted by molar-refractivity contribution is 5.94. The van der Waals surface area contributed by atoms with Crippen LogP contribution in [0.1, 0.15) is 45.7 Å². The summed E-state index contributed by atoms with van der Waals surface area (Å²) in [7, 11) is 0. The van der Waals surface area contributed by atoms with E-state index in [2.05, 4.69) is 10.4 Å². The quantitative estimate of drug-likeness (QED) is 0.809. The number of carboxylic acid groups (broad SMARTS) is 1. The first-order chi connectivity index (χ1) is 13.3. The number of amides is 1. The number of alkyl halides is 3. The predicted molar refractivity (Wildman–Crippen MR) is 91.4 cm³/mol. The Kier molecular flexibility index (Phi) is 5.68. The highest BCUT2D eigenvalue weighted by Crippen LogP contribution is 2.33. The van der Waals surface area contributed by atoms with Crippen LogP contribution in [0.4, 0.5) is 13.2 Å². The van der Waals surface area contributed by atoms with Crippen LogP contribution in [0, 0.1) is 0 Å². The van der Waals surface area contributed by atoms with Gasteiger partial charge in [-0.1, -0.05) is 0 Å². The molecule has 10 heteroatoms. The molecule has 2 N–H and O–H groups in total. The zero-order valence-electron chi connectivity index (χ0n) is 14.7. The van der Waals surface area contributed by atoms with Crippen molar-refractivity contribution in [2.75, 3.05) is 13.2 Å². The van der Waals surface area contributed by atoms with E-state index in [0.717, 1.165) is 19.3 Å². The second kappa shape index (κ2) is 8.01. The molecule has 1 aromatic heterocycles. The van der Waals surface area contributed by atoms with E-state index in [4.69, 9.17) is 9.84 Å². The Morgan fingerprint density at radius 1 is 1.25 bits per heavy atom. The van der Waals surface area contributed by atoms with E-state index in [9.17, 15) is 22.8 Å². The van der Waals surface area contributed by atoms with E-state index in [1.54, 1.807) is 0 Å². The monoisotopic (exact) mass is 397 g/mol. The Morgan fingerprint density at radius 2 is 1.96 bits per heavy atom.